The minimum absolute atomic E-state index is 0.124. The van der Waals surface area contributed by atoms with Crippen LogP contribution in [0.25, 0.3) is 20.8 Å². The van der Waals surface area contributed by atoms with Gasteiger partial charge in [-0.1, -0.05) is 12.1 Å². The van der Waals surface area contributed by atoms with Crippen LogP contribution in [0.5, 0.6) is 11.5 Å². The fourth-order valence-corrected chi connectivity index (χ4v) is 6.54. The molecule has 1 N–H and O–H groups in total. The van der Waals surface area contributed by atoms with Gasteiger partial charge in [-0.25, -0.2) is 4.39 Å². The van der Waals surface area contributed by atoms with Crippen molar-refractivity contribution in [1.82, 2.24) is 19.8 Å². The number of aromatic nitrogens is 2. The first-order valence-corrected chi connectivity index (χ1v) is 15.5. The van der Waals surface area contributed by atoms with Crippen LogP contribution in [0.15, 0.2) is 54.9 Å². The number of carbonyl (C=O) groups is 1. The van der Waals surface area contributed by atoms with Crippen molar-refractivity contribution in [3.8, 4) is 22.1 Å². The fourth-order valence-electron chi connectivity index (χ4n) is 5.50. The number of piperazine rings is 1. The summed E-state index contributed by atoms with van der Waals surface area (Å²) in [5.74, 6) is 0.868. The van der Waals surface area contributed by atoms with E-state index in [9.17, 15) is 14.3 Å². The number of benzene rings is 1. The van der Waals surface area contributed by atoms with Crippen LogP contribution in [0.3, 0.4) is 0 Å². The molecular formula is C33H37FN4O3S. The number of carbonyl (C=O) groups excluding carboxylic acids is 1. The van der Waals surface area contributed by atoms with E-state index in [1.807, 2.05) is 32.2 Å². The van der Waals surface area contributed by atoms with Crippen LogP contribution < -0.4 is 4.74 Å². The third kappa shape index (κ3) is 7.39. The SMILES string of the molecule is CC(C)(O)CN1CCN(Cc2ccc(-c3cc4nccc(Oc5ccc(CC(=O)CC6CC6)cc5F)c4s3)nc2)CC1. The highest BCUT2D eigenvalue weighted by molar-refractivity contribution is 7.22. The van der Waals surface area contributed by atoms with Gasteiger partial charge in [0.25, 0.3) is 0 Å². The molecule has 0 amide bonds. The number of pyridine rings is 2. The largest absolute Gasteiger partial charge is 0.453 e. The molecule has 9 heteroatoms. The van der Waals surface area contributed by atoms with E-state index in [2.05, 4.69) is 20.9 Å². The number of Topliss-reactive ketones (excluding diaryl/α,β-unsaturated/α-hetero) is 1. The number of ketones is 1. The summed E-state index contributed by atoms with van der Waals surface area (Å²) in [5.41, 5.74) is 2.78. The minimum Gasteiger partial charge on any atom is -0.453 e. The number of nitrogens with zero attached hydrogens (tertiary/aromatic N) is 4. The molecule has 0 bridgehead atoms. The number of β-amino-alcohol motifs (C(OH)–C–C–N with tert-alkyl or cyclic N) is 1. The Labute approximate surface area is 250 Å². The summed E-state index contributed by atoms with van der Waals surface area (Å²) < 4.78 is 21.8. The van der Waals surface area contributed by atoms with Gasteiger partial charge in [0.15, 0.2) is 11.6 Å². The lowest BCUT2D eigenvalue weighted by molar-refractivity contribution is -0.118. The Hall–Kier alpha value is -3.24. The number of hydrogen-bond donors (Lipinski definition) is 1. The maximum Gasteiger partial charge on any atom is 0.166 e. The average Bonchev–Trinajstić information content (AvgIpc) is 3.64. The third-order valence-corrected chi connectivity index (χ3v) is 8.93. The third-order valence-electron chi connectivity index (χ3n) is 7.77. The molecule has 0 spiro atoms. The standard InChI is InChI=1S/C33H37FN4O3S/c1-33(2,40)21-38-13-11-37(12-14-38)20-24-5-7-27(36-19-24)31-18-28-32(42-31)30(9-10-35-28)41-29-8-6-23(17-26(29)34)16-25(39)15-22-3-4-22/h5-10,17-19,22,40H,3-4,11-16,20-21H2,1-2H3. The van der Waals surface area contributed by atoms with Crippen LogP contribution >= 0.6 is 11.3 Å². The number of hydrogen-bond acceptors (Lipinski definition) is 8. The second-order valence-corrected chi connectivity index (χ2v) is 13.3. The van der Waals surface area contributed by atoms with Gasteiger partial charge in [0, 0.05) is 70.6 Å². The quantitative estimate of drug-likeness (QED) is 0.227. The first kappa shape index (κ1) is 28.9. The van der Waals surface area contributed by atoms with Crippen LogP contribution in [-0.2, 0) is 17.8 Å². The van der Waals surface area contributed by atoms with E-state index in [-0.39, 0.29) is 18.0 Å². The van der Waals surface area contributed by atoms with Crippen LogP contribution in [0.1, 0.15) is 44.2 Å². The predicted octanol–water partition coefficient (Wildman–Crippen LogP) is 6.09. The van der Waals surface area contributed by atoms with Gasteiger partial charge in [-0.2, -0.15) is 0 Å². The summed E-state index contributed by atoms with van der Waals surface area (Å²) in [6.07, 6.45) is 6.70. The van der Waals surface area contributed by atoms with Gasteiger partial charge in [-0.05, 0) is 68.0 Å². The van der Waals surface area contributed by atoms with Gasteiger partial charge in [-0.3, -0.25) is 24.6 Å². The summed E-state index contributed by atoms with van der Waals surface area (Å²) in [5, 5.41) is 10.1. The molecule has 2 fully saturated rings. The first-order valence-electron chi connectivity index (χ1n) is 14.7. The van der Waals surface area contributed by atoms with Crippen LogP contribution in [-0.4, -0.2) is 69.0 Å². The van der Waals surface area contributed by atoms with Gasteiger partial charge in [-0.15, -0.1) is 11.3 Å². The Bertz CT molecular complexity index is 1550. The van der Waals surface area contributed by atoms with Crippen molar-refractivity contribution in [3.05, 3.63) is 71.8 Å². The lowest BCUT2D eigenvalue weighted by Gasteiger charge is -2.37. The Morgan fingerprint density at radius 1 is 1.02 bits per heavy atom. The molecule has 4 aromatic rings. The number of aliphatic hydroxyl groups is 1. The summed E-state index contributed by atoms with van der Waals surface area (Å²) in [4.78, 5) is 27.1. The minimum atomic E-state index is -0.671. The van der Waals surface area contributed by atoms with E-state index < -0.39 is 11.4 Å². The van der Waals surface area contributed by atoms with E-state index in [4.69, 9.17) is 9.72 Å². The van der Waals surface area contributed by atoms with E-state index >= 15 is 0 Å². The second-order valence-electron chi connectivity index (χ2n) is 12.3. The van der Waals surface area contributed by atoms with E-state index in [1.165, 1.54) is 17.4 Å². The van der Waals surface area contributed by atoms with Crippen molar-refractivity contribution in [3.63, 3.8) is 0 Å². The molecule has 0 atom stereocenters. The molecule has 4 heterocycles. The van der Waals surface area contributed by atoms with E-state index in [1.54, 1.807) is 24.4 Å². The molecule has 7 nitrogen and oxygen atoms in total. The maximum atomic E-state index is 14.9. The molecule has 220 valence electrons. The Balaban J connectivity index is 1.10. The topological polar surface area (TPSA) is 78.8 Å². The zero-order chi connectivity index (χ0) is 29.3. The maximum absolute atomic E-state index is 14.9. The Morgan fingerprint density at radius 3 is 2.48 bits per heavy atom. The molecule has 42 heavy (non-hydrogen) atoms. The van der Waals surface area contributed by atoms with Crippen molar-refractivity contribution >= 4 is 27.3 Å². The smallest absolute Gasteiger partial charge is 0.166 e. The van der Waals surface area contributed by atoms with Gasteiger partial charge in [0.1, 0.15) is 11.5 Å². The highest BCUT2D eigenvalue weighted by Crippen LogP contribution is 2.39. The van der Waals surface area contributed by atoms with Crippen molar-refractivity contribution in [2.24, 2.45) is 5.92 Å². The number of thiophene rings is 1. The summed E-state index contributed by atoms with van der Waals surface area (Å²) in [7, 11) is 0. The van der Waals surface area contributed by atoms with Gasteiger partial charge < -0.3 is 9.84 Å². The molecule has 1 aliphatic carbocycles. The molecule has 0 radical (unpaired) electrons. The van der Waals surface area contributed by atoms with Crippen molar-refractivity contribution in [2.45, 2.75) is 51.7 Å². The molecule has 1 saturated heterocycles. The van der Waals surface area contributed by atoms with Crippen LogP contribution in [0.2, 0.25) is 0 Å². The van der Waals surface area contributed by atoms with Crippen LogP contribution in [0, 0.1) is 11.7 Å². The molecule has 6 rings (SSSR count). The normalized spacial score (nSPS) is 16.7. The molecule has 2 aliphatic rings. The lowest BCUT2D eigenvalue weighted by Crippen LogP contribution is -2.50. The molecule has 3 aromatic heterocycles. The predicted molar refractivity (Wildman–Crippen MR) is 163 cm³/mol. The number of rotatable bonds is 11. The number of fused-ring (bicyclic) bond motifs is 1. The monoisotopic (exact) mass is 588 g/mol. The molecule has 1 saturated carbocycles. The Kier molecular flexibility index (Phi) is 8.36. The van der Waals surface area contributed by atoms with Crippen LogP contribution in [0.4, 0.5) is 4.39 Å². The molecular weight excluding hydrogens is 551 g/mol. The first-order chi connectivity index (χ1) is 20.2. The fraction of sp³-hybridized carbons (Fsp3) is 0.424. The summed E-state index contributed by atoms with van der Waals surface area (Å²) in [6.45, 7) is 9.06. The van der Waals surface area contributed by atoms with E-state index in [0.717, 1.165) is 71.9 Å². The van der Waals surface area contributed by atoms with Crippen molar-refractivity contribution in [1.29, 1.82) is 0 Å². The second kappa shape index (κ2) is 12.2. The highest BCUT2D eigenvalue weighted by atomic mass is 32.1. The van der Waals surface area contributed by atoms with Gasteiger partial charge >= 0.3 is 0 Å². The summed E-state index contributed by atoms with van der Waals surface area (Å²) >= 11 is 1.52. The number of ether oxygens (including phenoxy) is 1. The summed E-state index contributed by atoms with van der Waals surface area (Å²) in [6, 6.07) is 12.7. The van der Waals surface area contributed by atoms with Gasteiger partial charge in [0.05, 0.1) is 26.4 Å². The van der Waals surface area contributed by atoms with E-state index in [0.29, 0.717) is 30.2 Å². The Morgan fingerprint density at radius 2 is 1.79 bits per heavy atom. The average molecular weight is 589 g/mol. The lowest BCUT2D eigenvalue weighted by atomic mass is 10.0. The molecule has 0 unspecified atom stereocenters. The zero-order valence-corrected chi connectivity index (χ0v) is 25.0. The highest BCUT2D eigenvalue weighted by Gasteiger charge is 2.25. The molecule has 1 aliphatic heterocycles. The van der Waals surface area contributed by atoms with Gasteiger partial charge in [0.2, 0.25) is 0 Å². The van der Waals surface area contributed by atoms with Crippen molar-refractivity contribution in [2.75, 3.05) is 32.7 Å². The van der Waals surface area contributed by atoms with Crippen molar-refractivity contribution < 1.29 is 19.0 Å². The number of halogens is 1. The zero-order valence-electron chi connectivity index (χ0n) is 24.2. The molecule has 1 aromatic carbocycles.